The number of rotatable bonds is 6. The zero-order valence-electron chi connectivity index (χ0n) is 14.5. The molecular formula is C21H22N2O2. The second-order valence-corrected chi connectivity index (χ2v) is 6.02. The van der Waals surface area contributed by atoms with E-state index in [1.165, 1.54) is 0 Å². The molecule has 0 atom stereocenters. The number of carbonyl (C=O) groups is 1. The van der Waals surface area contributed by atoms with Crippen LogP contribution in [0.5, 0.6) is 5.75 Å². The average Bonchev–Trinajstić information content (AvgIpc) is 2.98. The summed E-state index contributed by atoms with van der Waals surface area (Å²) in [6.45, 7) is 2.97. The van der Waals surface area contributed by atoms with Crippen molar-refractivity contribution >= 4 is 5.91 Å². The van der Waals surface area contributed by atoms with Gasteiger partial charge in [-0.25, -0.2) is 0 Å². The van der Waals surface area contributed by atoms with Crippen molar-refractivity contribution in [3.63, 3.8) is 0 Å². The number of carbonyl (C=O) groups excluding carboxylic acids is 1. The number of para-hydroxylation sites is 1. The highest BCUT2D eigenvalue weighted by molar-refractivity contribution is 5.92. The lowest BCUT2D eigenvalue weighted by Gasteiger charge is -2.10. The zero-order chi connectivity index (χ0) is 17.6. The van der Waals surface area contributed by atoms with Crippen molar-refractivity contribution in [3.05, 3.63) is 89.2 Å². The van der Waals surface area contributed by atoms with Gasteiger partial charge in [0, 0.05) is 19.3 Å². The van der Waals surface area contributed by atoms with Crippen LogP contribution in [0, 0.1) is 6.92 Å². The van der Waals surface area contributed by atoms with Gasteiger partial charge in [-0.1, -0.05) is 42.5 Å². The largest absolute Gasteiger partial charge is 0.489 e. The van der Waals surface area contributed by atoms with Crippen LogP contribution in [0.2, 0.25) is 0 Å². The molecule has 0 aliphatic rings. The van der Waals surface area contributed by atoms with E-state index in [1.54, 1.807) is 0 Å². The molecule has 3 rings (SSSR count). The van der Waals surface area contributed by atoms with Gasteiger partial charge in [0.1, 0.15) is 18.1 Å². The molecule has 0 unspecified atom stereocenters. The van der Waals surface area contributed by atoms with Crippen LogP contribution in [0.25, 0.3) is 0 Å². The van der Waals surface area contributed by atoms with Crippen molar-refractivity contribution < 1.29 is 9.53 Å². The summed E-state index contributed by atoms with van der Waals surface area (Å²) in [6, 6.07) is 21.6. The molecular weight excluding hydrogens is 312 g/mol. The minimum Gasteiger partial charge on any atom is -0.489 e. The molecule has 25 heavy (non-hydrogen) atoms. The molecule has 0 aliphatic carbocycles. The minimum absolute atomic E-state index is 0.0680. The third kappa shape index (κ3) is 4.29. The van der Waals surface area contributed by atoms with Crippen molar-refractivity contribution in [2.45, 2.75) is 20.1 Å². The minimum atomic E-state index is -0.0680. The number of hydrogen-bond acceptors (Lipinski definition) is 2. The van der Waals surface area contributed by atoms with Gasteiger partial charge in [0.15, 0.2) is 0 Å². The molecule has 0 aliphatic heterocycles. The molecule has 1 amide bonds. The summed E-state index contributed by atoms with van der Waals surface area (Å²) in [4.78, 5) is 12.3. The molecule has 0 fully saturated rings. The van der Waals surface area contributed by atoms with E-state index in [0.717, 1.165) is 22.6 Å². The van der Waals surface area contributed by atoms with Crippen molar-refractivity contribution in [2.24, 2.45) is 7.05 Å². The number of aryl methyl sites for hydroxylation is 1. The lowest BCUT2D eigenvalue weighted by molar-refractivity contribution is 0.0942. The fraction of sp³-hybridized carbons (Fsp3) is 0.190. The van der Waals surface area contributed by atoms with E-state index in [-0.39, 0.29) is 5.91 Å². The number of nitrogens with zero attached hydrogens (tertiary/aromatic N) is 1. The van der Waals surface area contributed by atoms with E-state index >= 15 is 0 Å². The predicted octanol–water partition coefficient (Wildman–Crippen LogP) is 3.84. The van der Waals surface area contributed by atoms with Gasteiger partial charge in [-0.15, -0.1) is 0 Å². The number of benzene rings is 2. The van der Waals surface area contributed by atoms with Gasteiger partial charge in [0.2, 0.25) is 0 Å². The standard InChI is InChI=1S/C21H22N2O2/c1-16-11-12-20(23(16)2)21(24)22-14-17-7-6-8-18(13-17)15-25-19-9-4-3-5-10-19/h3-13H,14-15H2,1-2H3,(H,22,24). The molecule has 0 spiro atoms. The Labute approximate surface area is 148 Å². The molecule has 1 N–H and O–H groups in total. The first-order valence-electron chi connectivity index (χ1n) is 8.29. The molecule has 0 bridgehead atoms. The van der Waals surface area contributed by atoms with Crippen LogP contribution < -0.4 is 10.1 Å². The topological polar surface area (TPSA) is 43.3 Å². The Balaban J connectivity index is 1.58. The van der Waals surface area contributed by atoms with Gasteiger partial charge in [0.25, 0.3) is 5.91 Å². The number of ether oxygens (including phenoxy) is 1. The zero-order valence-corrected chi connectivity index (χ0v) is 14.5. The maximum absolute atomic E-state index is 12.3. The highest BCUT2D eigenvalue weighted by Gasteiger charge is 2.10. The van der Waals surface area contributed by atoms with Crippen LogP contribution in [-0.4, -0.2) is 10.5 Å². The van der Waals surface area contributed by atoms with Gasteiger partial charge in [0.05, 0.1) is 0 Å². The van der Waals surface area contributed by atoms with E-state index in [9.17, 15) is 4.79 Å². The first-order valence-corrected chi connectivity index (χ1v) is 8.29. The normalized spacial score (nSPS) is 10.5. The van der Waals surface area contributed by atoms with Crippen LogP contribution in [0.15, 0.2) is 66.7 Å². The van der Waals surface area contributed by atoms with Crippen LogP contribution in [0.1, 0.15) is 27.3 Å². The summed E-state index contributed by atoms with van der Waals surface area (Å²) in [5, 5.41) is 2.97. The Morgan fingerprint density at radius 3 is 2.48 bits per heavy atom. The summed E-state index contributed by atoms with van der Waals surface area (Å²) in [6.07, 6.45) is 0. The molecule has 128 valence electrons. The lowest BCUT2D eigenvalue weighted by Crippen LogP contribution is -2.25. The number of nitrogens with one attached hydrogen (secondary N) is 1. The third-order valence-corrected chi connectivity index (χ3v) is 4.20. The van der Waals surface area contributed by atoms with E-state index in [4.69, 9.17) is 4.74 Å². The number of aromatic nitrogens is 1. The quantitative estimate of drug-likeness (QED) is 0.744. The molecule has 4 nitrogen and oxygen atoms in total. The molecule has 1 aromatic heterocycles. The summed E-state index contributed by atoms with van der Waals surface area (Å²) in [7, 11) is 1.89. The summed E-state index contributed by atoms with van der Waals surface area (Å²) in [5.74, 6) is 0.779. The van der Waals surface area contributed by atoms with Crippen LogP contribution in [-0.2, 0) is 20.2 Å². The fourth-order valence-corrected chi connectivity index (χ4v) is 2.63. The molecule has 0 saturated heterocycles. The smallest absolute Gasteiger partial charge is 0.268 e. The average molecular weight is 334 g/mol. The molecule has 1 heterocycles. The monoisotopic (exact) mass is 334 g/mol. The van der Waals surface area contributed by atoms with E-state index in [0.29, 0.717) is 18.8 Å². The summed E-state index contributed by atoms with van der Waals surface area (Å²) >= 11 is 0. The summed E-state index contributed by atoms with van der Waals surface area (Å²) in [5.41, 5.74) is 3.85. The van der Waals surface area contributed by atoms with Gasteiger partial charge in [-0.05, 0) is 42.3 Å². The van der Waals surface area contributed by atoms with Gasteiger partial charge >= 0.3 is 0 Å². The maximum Gasteiger partial charge on any atom is 0.268 e. The lowest BCUT2D eigenvalue weighted by atomic mass is 10.1. The second-order valence-electron chi connectivity index (χ2n) is 6.02. The first-order chi connectivity index (χ1) is 12.1. The molecule has 0 saturated carbocycles. The second kappa shape index (κ2) is 7.71. The van der Waals surface area contributed by atoms with Crippen LogP contribution in [0.3, 0.4) is 0 Å². The molecule has 2 aromatic carbocycles. The molecule has 3 aromatic rings. The van der Waals surface area contributed by atoms with Gasteiger partial charge < -0.3 is 14.6 Å². The number of amides is 1. The van der Waals surface area contributed by atoms with E-state index in [2.05, 4.69) is 11.4 Å². The SMILES string of the molecule is Cc1ccc(C(=O)NCc2cccc(COc3ccccc3)c2)n1C. The van der Waals surface area contributed by atoms with Gasteiger partial charge in [-0.3, -0.25) is 4.79 Å². The van der Waals surface area contributed by atoms with E-state index < -0.39 is 0 Å². The Kier molecular flexibility index (Phi) is 5.19. The molecule has 0 radical (unpaired) electrons. The Hall–Kier alpha value is -3.01. The maximum atomic E-state index is 12.3. The Morgan fingerprint density at radius 2 is 1.76 bits per heavy atom. The first kappa shape index (κ1) is 16.8. The fourth-order valence-electron chi connectivity index (χ4n) is 2.63. The Bertz CT molecular complexity index is 853. The Morgan fingerprint density at radius 1 is 1.00 bits per heavy atom. The van der Waals surface area contributed by atoms with Crippen LogP contribution >= 0.6 is 0 Å². The highest BCUT2D eigenvalue weighted by Crippen LogP contribution is 2.13. The molecule has 4 heteroatoms. The summed E-state index contributed by atoms with van der Waals surface area (Å²) < 4.78 is 7.66. The van der Waals surface area contributed by atoms with Gasteiger partial charge in [-0.2, -0.15) is 0 Å². The van der Waals surface area contributed by atoms with Crippen molar-refractivity contribution in [3.8, 4) is 5.75 Å². The van der Waals surface area contributed by atoms with Crippen molar-refractivity contribution in [2.75, 3.05) is 0 Å². The third-order valence-electron chi connectivity index (χ3n) is 4.20. The predicted molar refractivity (Wildman–Crippen MR) is 98.5 cm³/mol. The van der Waals surface area contributed by atoms with Crippen molar-refractivity contribution in [1.29, 1.82) is 0 Å². The number of hydrogen-bond donors (Lipinski definition) is 1. The van der Waals surface area contributed by atoms with Crippen molar-refractivity contribution in [1.82, 2.24) is 9.88 Å². The van der Waals surface area contributed by atoms with E-state index in [1.807, 2.05) is 79.2 Å². The highest BCUT2D eigenvalue weighted by atomic mass is 16.5. The van der Waals surface area contributed by atoms with Crippen LogP contribution in [0.4, 0.5) is 0 Å².